The zero-order chi connectivity index (χ0) is 22.7. The first-order valence-electron chi connectivity index (χ1n) is 12.8. The quantitative estimate of drug-likeness (QED) is 0.566. The van der Waals surface area contributed by atoms with E-state index in [1.807, 2.05) is 6.08 Å². The van der Waals surface area contributed by atoms with Crippen LogP contribution in [0.5, 0.6) is 0 Å². The summed E-state index contributed by atoms with van der Waals surface area (Å²) in [6.45, 7) is 8.50. The molecule has 4 aliphatic carbocycles. The van der Waals surface area contributed by atoms with Gasteiger partial charge in [-0.3, -0.25) is 9.59 Å². The van der Waals surface area contributed by atoms with Gasteiger partial charge >= 0.3 is 5.97 Å². The van der Waals surface area contributed by atoms with E-state index in [-0.39, 0.29) is 22.7 Å². The summed E-state index contributed by atoms with van der Waals surface area (Å²) in [5.74, 6) is 1.88. The molecular formula is C27H40O5. The standard InChI is InChI=1S/C27H40O5/c1-17(5-8-23(29)30-4)19-6-7-20-24-21(9-10-26(19,20)3)25(2)11-12-27(31-13-14-32-27)16-18(25)15-22(24)28/h15,17,19-21,24H,5-14,16H2,1-4H3/t17-,19-,20+,21+,24+,25+,26-/m1/s1. The molecule has 0 aromatic carbocycles. The molecule has 5 nitrogen and oxygen atoms in total. The summed E-state index contributed by atoms with van der Waals surface area (Å²) in [5, 5.41) is 0. The third-order valence-electron chi connectivity index (χ3n) is 10.6. The van der Waals surface area contributed by atoms with Crippen LogP contribution in [0, 0.1) is 40.4 Å². The van der Waals surface area contributed by atoms with Gasteiger partial charge in [0.05, 0.1) is 20.3 Å². The van der Waals surface area contributed by atoms with E-state index in [0.29, 0.717) is 49.1 Å². The number of hydrogen-bond donors (Lipinski definition) is 0. The van der Waals surface area contributed by atoms with Crippen LogP contribution in [0.2, 0.25) is 0 Å². The summed E-state index contributed by atoms with van der Waals surface area (Å²) in [5.41, 5.74) is 1.57. The van der Waals surface area contributed by atoms with Gasteiger partial charge in [0.25, 0.3) is 0 Å². The van der Waals surface area contributed by atoms with Crippen LogP contribution in [0.15, 0.2) is 11.6 Å². The second-order valence-electron chi connectivity index (χ2n) is 11.8. The number of carbonyl (C=O) groups excluding carboxylic acids is 2. The summed E-state index contributed by atoms with van der Waals surface area (Å²) in [7, 11) is 1.47. The summed E-state index contributed by atoms with van der Waals surface area (Å²) < 4.78 is 16.9. The highest BCUT2D eigenvalue weighted by molar-refractivity contribution is 5.94. The van der Waals surface area contributed by atoms with Gasteiger partial charge in [0.1, 0.15) is 0 Å². The monoisotopic (exact) mass is 444 g/mol. The molecule has 5 rings (SSSR count). The highest BCUT2D eigenvalue weighted by atomic mass is 16.7. The zero-order valence-corrected chi connectivity index (χ0v) is 20.3. The van der Waals surface area contributed by atoms with Crippen molar-refractivity contribution < 1.29 is 23.8 Å². The summed E-state index contributed by atoms with van der Waals surface area (Å²) >= 11 is 0. The number of methoxy groups -OCH3 is 1. The molecule has 0 aromatic heterocycles. The van der Waals surface area contributed by atoms with Gasteiger partial charge in [-0.15, -0.1) is 0 Å². The van der Waals surface area contributed by atoms with Gasteiger partial charge in [-0.1, -0.05) is 26.3 Å². The topological polar surface area (TPSA) is 61.8 Å². The maximum absolute atomic E-state index is 13.6. The van der Waals surface area contributed by atoms with Gasteiger partial charge < -0.3 is 14.2 Å². The maximum atomic E-state index is 13.6. The summed E-state index contributed by atoms with van der Waals surface area (Å²) in [4.78, 5) is 25.3. The van der Waals surface area contributed by atoms with Crippen LogP contribution in [0.4, 0.5) is 0 Å². The highest BCUT2D eigenvalue weighted by Crippen LogP contribution is 2.67. The largest absolute Gasteiger partial charge is 0.469 e. The fraction of sp³-hybridized carbons (Fsp3) is 0.852. The smallest absolute Gasteiger partial charge is 0.305 e. The van der Waals surface area contributed by atoms with Crippen molar-refractivity contribution >= 4 is 11.8 Å². The van der Waals surface area contributed by atoms with E-state index in [9.17, 15) is 9.59 Å². The van der Waals surface area contributed by atoms with E-state index < -0.39 is 5.79 Å². The number of rotatable bonds is 4. The van der Waals surface area contributed by atoms with Crippen molar-refractivity contribution in [3.8, 4) is 0 Å². The molecule has 1 heterocycles. The fourth-order valence-corrected chi connectivity index (χ4v) is 8.72. The molecule has 7 atom stereocenters. The Bertz CT molecular complexity index is 811. The third kappa shape index (κ3) is 3.33. The minimum atomic E-state index is -0.477. The molecule has 0 bridgehead atoms. The second kappa shape index (κ2) is 7.94. The Labute approximate surface area is 192 Å². The van der Waals surface area contributed by atoms with Crippen molar-refractivity contribution in [1.82, 2.24) is 0 Å². The van der Waals surface area contributed by atoms with Crippen LogP contribution < -0.4 is 0 Å². The van der Waals surface area contributed by atoms with Crippen LogP contribution >= 0.6 is 0 Å². The SMILES string of the molecule is COC(=O)CC[C@@H](C)[C@H]1CC[C@H]2[C@@H]3C(=O)C=C4CC5(CC[C@]4(C)[C@H]3CC[C@]12C)OCCO5. The van der Waals surface area contributed by atoms with Crippen molar-refractivity contribution in [2.24, 2.45) is 40.4 Å². The molecule has 0 unspecified atom stereocenters. The Hall–Kier alpha value is -1.20. The molecule has 178 valence electrons. The summed E-state index contributed by atoms with van der Waals surface area (Å²) in [6.07, 6.45) is 10.8. The van der Waals surface area contributed by atoms with E-state index in [2.05, 4.69) is 20.8 Å². The Balaban J connectivity index is 1.38. The van der Waals surface area contributed by atoms with Gasteiger partial charge in [-0.05, 0) is 79.1 Å². The molecule has 32 heavy (non-hydrogen) atoms. The molecule has 1 saturated heterocycles. The Kier molecular flexibility index (Phi) is 5.60. The van der Waals surface area contributed by atoms with Crippen LogP contribution in [0.3, 0.4) is 0 Å². The number of fused-ring (bicyclic) bond motifs is 5. The minimum absolute atomic E-state index is 0.0923. The van der Waals surface area contributed by atoms with Crippen molar-refractivity contribution in [3.05, 3.63) is 11.6 Å². The minimum Gasteiger partial charge on any atom is -0.469 e. The van der Waals surface area contributed by atoms with Crippen LogP contribution in [-0.4, -0.2) is 37.9 Å². The molecule has 3 saturated carbocycles. The predicted octanol–water partition coefficient (Wildman–Crippen LogP) is 5.08. The highest BCUT2D eigenvalue weighted by Gasteiger charge is 2.62. The molecule has 1 aliphatic heterocycles. The first-order valence-corrected chi connectivity index (χ1v) is 12.8. The zero-order valence-electron chi connectivity index (χ0n) is 20.3. The van der Waals surface area contributed by atoms with Crippen molar-refractivity contribution in [3.63, 3.8) is 0 Å². The molecule has 0 radical (unpaired) electrons. The van der Waals surface area contributed by atoms with Crippen molar-refractivity contribution in [2.45, 2.75) is 84.3 Å². The molecular weight excluding hydrogens is 404 g/mol. The lowest BCUT2D eigenvalue weighted by Gasteiger charge is -2.58. The number of ketones is 1. The summed E-state index contributed by atoms with van der Waals surface area (Å²) in [6, 6.07) is 0. The lowest BCUT2D eigenvalue weighted by molar-refractivity contribution is -0.185. The Morgan fingerprint density at radius 3 is 2.59 bits per heavy atom. The lowest BCUT2D eigenvalue weighted by atomic mass is 9.46. The lowest BCUT2D eigenvalue weighted by Crippen LogP contribution is -2.55. The normalized spacial score (nSPS) is 43.2. The van der Waals surface area contributed by atoms with Gasteiger partial charge in [-0.2, -0.15) is 0 Å². The van der Waals surface area contributed by atoms with Crippen LogP contribution in [0.1, 0.15) is 78.6 Å². The molecule has 4 fully saturated rings. The average molecular weight is 445 g/mol. The Morgan fingerprint density at radius 2 is 1.88 bits per heavy atom. The van der Waals surface area contributed by atoms with Gasteiger partial charge in [-0.25, -0.2) is 0 Å². The van der Waals surface area contributed by atoms with Crippen LogP contribution in [0.25, 0.3) is 0 Å². The van der Waals surface area contributed by atoms with Gasteiger partial charge in [0, 0.05) is 25.2 Å². The van der Waals surface area contributed by atoms with E-state index in [1.54, 1.807) is 0 Å². The number of allylic oxidation sites excluding steroid dienone is 1. The molecule has 0 N–H and O–H groups in total. The number of ether oxygens (including phenoxy) is 3. The first-order chi connectivity index (χ1) is 15.2. The van der Waals surface area contributed by atoms with Gasteiger partial charge in [0.15, 0.2) is 11.6 Å². The van der Waals surface area contributed by atoms with E-state index >= 15 is 0 Å². The number of esters is 1. The van der Waals surface area contributed by atoms with Crippen molar-refractivity contribution in [1.29, 1.82) is 0 Å². The average Bonchev–Trinajstić information content (AvgIpc) is 3.37. The molecule has 1 spiro atoms. The van der Waals surface area contributed by atoms with Crippen molar-refractivity contribution in [2.75, 3.05) is 20.3 Å². The second-order valence-corrected chi connectivity index (χ2v) is 11.8. The number of hydrogen-bond acceptors (Lipinski definition) is 5. The van der Waals surface area contributed by atoms with E-state index in [1.165, 1.54) is 25.5 Å². The van der Waals surface area contributed by atoms with E-state index in [0.717, 1.165) is 38.5 Å². The van der Waals surface area contributed by atoms with E-state index in [4.69, 9.17) is 14.2 Å². The molecule has 5 heteroatoms. The predicted molar refractivity (Wildman–Crippen MR) is 121 cm³/mol. The molecule has 5 aliphatic rings. The van der Waals surface area contributed by atoms with Crippen LogP contribution in [-0.2, 0) is 23.8 Å². The molecule has 0 aromatic rings. The third-order valence-corrected chi connectivity index (χ3v) is 10.6. The number of carbonyl (C=O) groups is 2. The molecule has 0 amide bonds. The fourth-order valence-electron chi connectivity index (χ4n) is 8.72. The first kappa shape index (κ1) is 22.6. The van der Waals surface area contributed by atoms with Gasteiger partial charge in [0.2, 0.25) is 0 Å². The Morgan fingerprint density at radius 1 is 1.12 bits per heavy atom. The maximum Gasteiger partial charge on any atom is 0.305 e.